The Morgan fingerprint density at radius 2 is 1.86 bits per heavy atom. The molecule has 0 heterocycles. The highest BCUT2D eigenvalue weighted by Crippen LogP contribution is 2.34. The maximum atomic E-state index is 12.5. The van der Waals surface area contributed by atoms with Crippen LogP contribution in [0.2, 0.25) is 0 Å². The molecule has 4 heteroatoms. The second-order valence-corrected chi connectivity index (χ2v) is 3.22. The van der Waals surface area contributed by atoms with E-state index in [9.17, 15) is 13.2 Å². The Morgan fingerprint density at radius 1 is 1.29 bits per heavy atom. The van der Waals surface area contributed by atoms with Gasteiger partial charge in [0, 0.05) is 0 Å². The lowest BCUT2D eigenvalue weighted by Gasteiger charge is -2.16. The molecule has 0 fully saturated rings. The predicted octanol–water partition coefficient (Wildman–Crippen LogP) is 2.77. The smallest absolute Gasteiger partial charge is 0.330 e. The molecule has 0 saturated carbocycles. The highest BCUT2D eigenvalue weighted by molar-refractivity contribution is 5.32. The molecule has 0 bridgehead atoms. The first-order valence-electron chi connectivity index (χ1n) is 4.33. The van der Waals surface area contributed by atoms with Gasteiger partial charge in [-0.15, -0.1) is 0 Å². The molecule has 1 nitrogen and oxygen atoms in total. The zero-order valence-corrected chi connectivity index (χ0v) is 7.81. The fraction of sp³-hybridized carbons (Fsp3) is 0.400. The normalized spacial score (nSPS) is 14.1. The molecule has 0 aliphatic rings. The lowest BCUT2D eigenvalue weighted by atomic mass is 9.95. The van der Waals surface area contributed by atoms with Gasteiger partial charge in [0.25, 0.3) is 0 Å². The van der Waals surface area contributed by atoms with Crippen LogP contribution in [0, 0.1) is 0 Å². The van der Waals surface area contributed by atoms with Crippen molar-refractivity contribution in [3.8, 4) is 0 Å². The van der Waals surface area contributed by atoms with E-state index in [4.69, 9.17) is 5.73 Å². The third kappa shape index (κ3) is 2.26. The van der Waals surface area contributed by atoms with Crippen molar-refractivity contribution >= 4 is 0 Å². The van der Waals surface area contributed by atoms with Crippen molar-refractivity contribution in [3.05, 3.63) is 35.4 Å². The van der Waals surface area contributed by atoms with Crippen molar-refractivity contribution in [1.29, 1.82) is 0 Å². The monoisotopic (exact) mass is 203 g/mol. The second-order valence-electron chi connectivity index (χ2n) is 3.22. The molecule has 0 saturated heterocycles. The summed E-state index contributed by atoms with van der Waals surface area (Å²) in [4.78, 5) is 0. The predicted molar refractivity (Wildman–Crippen MR) is 48.9 cm³/mol. The van der Waals surface area contributed by atoms with E-state index in [1.165, 1.54) is 12.1 Å². The number of rotatable bonds is 2. The summed E-state index contributed by atoms with van der Waals surface area (Å²) < 4.78 is 37.5. The van der Waals surface area contributed by atoms with Crippen LogP contribution in [-0.4, -0.2) is 6.54 Å². The Hall–Kier alpha value is -1.03. The zero-order chi connectivity index (χ0) is 10.8. The lowest BCUT2D eigenvalue weighted by Crippen LogP contribution is -2.15. The summed E-state index contributed by atoms with van der Waals surface area (Å²) in [7, 11) is 0. The molecule has 0 radical (unpaired) electrons. The Kier molecular flexibility index (Phi) is 3.16. The van der Waals surface area contributed by atoms with E-state index >= 15 is 0 Å². The molecule has 2 N–H and O–H groups in total. The Labute approximate surface area is 80.7 Å². The van der Waals surface area contributed by atoms with E-state index in [1.807, 2.05) is 0 Å². The summed E-state index contributed by atoms with van der Waals surface area (Å²) in [5.74, 6) is -0.271. The van der Waals surface area contributed by atoms with E-state index in [-0.39, 0.29) is 18.0 Å². The van der Waals surface area contributed by atoms with Gasteiger partial charge in [0.1, 0.15) is 0 Å². The number of alkyl halides is 3. The Morgan fingerprint density at radius 3 is 2.36 bits per heavy atom. The summed E-state index contributed by atoms with van der Waals surface area (Å²) in [6, 6.07) is 5.54. The van der Waals surface area contributed by atoms with Gasteiger partial charge in [-0.25, -0.2) is 0 Å². The molecule has 1 rings (SSSR count). The molecular weight excluding hydrogens is 191 g/mol. The van der Waals surface area contributed by atoms with E-state index < -0.39 is 11.7 Å². The van der Waals surface area contributed by atoms with Crippen LogP contribution in [0.4, 0.5) is 13.2 Å². The number of halogens is 3. The Balaban J connectivity index is 3.16. The first kappa shape index (κ1) is 11.0. The molecule has 1 aromatic carbocycles. The van der Waals surface area contributed by atoms with Crippen LogP contribution in [0.3, 0.4) is 0 Å². The van der Waals surface area contributed by atoms with Crippen molar-refractivity contribution in [1.82, 2.24) is 0 Å². The highest BCUT2D eigenvalue weighted by Gasteiger charge is 2.33. The van der Waals surface area contributed by atoms with E-state index in [0.29, 0.717) is 0 Å². The molecule has 0 spiro atoms. The molecule has 0 amide bonds. The molecule has 0 aromatic heterocycles. The molecule has 0 unspecified atom stereocenters. The average Bonchev–Trinajstić information content (AvgIpc) is 2.15. The van der Waals surface area contributed by atoms with Gasteiger partial charge in [-0.1, -0.05) is 25.1 Å². The van der Waals surface area contributed by atoms with Gasteiger partial charge in [0.05, 0.1) is 5.56 Å². The molecule has 0 aliphatic carbocycles. The molecular formula is C10H12F3N. The number of hydrogen-bond acceptors (Lipinski definition) is 1. The standard InChI is InChI=1S/C10H12F3N/c1-7(6-14)8-4-2-3-5-9(8)10(11,12)13/h2-5,7H,6,14H2,1H3/t7-/m1/s1. The highest BCUT2D eigenvalue weighted by atomic mass is 19.4. The average molecular weight is 203 g/mol. The summed E-state index contributed by atoms with van der Waals surface area (Å²) >= 11 is 0. The van der Waals surface area contributed by atoms with Crippen molar-refractivity contribution in [2.24, 2.45) is 5.73 Å². The van der Waals surface area contributed by atoms with Gasteiger partial charge in [-0.3, -0.25) is 0 Å². The zero-order valence-electron chi connectivity index (χ0n) is 7.81. The summed E-state index contributed by atoms with van der Waals surface area (Å²) in [6.07, 6.45) is -4.29. The molecule has 1 atom stereocenters. The van der Waals surface area contributed by atoms with Gasteiger partial charge < -0.3 is 5.73 Å². The van der Waals surface area contributed by atoms with Crippen molar-refractivity contribution in [2.45, 2.75) is 19.0 Å². The first-order valence-corrected chi connectivity index (χ1v) is 4.33. The van der Waals surface area contributed by atoms with E-state index in [0.717, 1.165) is 6.07 Å². The summed E-state index contributed by atoms with van der Waals surface area (Å²) in [5, 5.41) is 0. The Bertz CT molecular complexity index is 306. The van der Waals surface area contributed by atoms with Crippen molar-refractivity contribution < 1.29 is 13.2 Å². The van der Waals surface area contributed by atoms with Gasteiger partial charge in [-0.2, -0.15) is 13.2 Å². The lowest BCUT2D eigenvalue weighted by molar-refractivity contribution is -0.138. The fourth-order valence-corrected chi connectivity index (χ4v) is 1.31. The van der Waals surface area contributed by atoms with Crippen LogP contribution < -0.4 is 5.73 Å². The third-order valence-corrected chi connectivity index (χ3v) is 2.15. The van der Waals surface area contributed by atoms with E-state index in [1.54, 1.807) is 13.0 Å². The molecule has 14 heavy (non-hydrogen) atoms. The van der Waals surface area contributed by atoms with Crippen LogP contribution in [0.15, 0.2) is 24.3 Å². The maximum absolute atomic E-state index is 12.5. The minimum absolute atomic E-state index is 0.215. The van der Waals surface area contributed by atoms with Gasteiger partial charge in [0.15, 0.2) is 0 Å². The number of hydrogen-bond donors (Lipinski definition) is 1. The maximum Gasteiger partial charge on any atom is 0.416 e. The fourth-order valence-electron chi connectivity index (χ4n) is 1.31. The van der Waals surface area contributed by atoms with Crippen molar-refractivity contribution in [2.75, 3.05) is 6.54 Å². The number of benzene rings is 1. The third-order valence-electron chi connectivity index (χ3n) is 2.15. The van der Waals surface area contributed by atoms with Crippen molar-refractivity contribution in [3.63, 3.8) is 0 Å². The minimum Gasteiger partial charge on any atom is -0.330 e. The largest absolute Gasteiger partial charge is 0.416 e. The summed E-state index contributed by atoms with van der Waals surface area (Å²) in [5.41, 5.74) is 5.03. The van der Waals surface area contributed by atoms with Gasteiger partial charge in [0.2, 0.25) is 0 Å². The van der Waals surface area contributed by atoms with Crippen LogP contribution in [0.1, 0.15) is 24.0 Å². The first-order chi connectivity index (χ1) is 6.46. The molecule has 0 aliphatic heterocycles. The molecule has 1 aromatic rings. The quantitative estimate of drug-likeness (QED) is 0.785. The molecule has 78 valence electrons. The van der Waals surface area contributed by atoms with Crippen LogP contribution in [-0.2, 0) is 6.18 Å². The topological polar surface area (TPSA) is 26.0 Å². The number of nitrogens with two attached hydrogens (primary N) is 1. The second kappa shape index (κ2) is 4.00. The van der Waals surface area contributed by atoms with Gasteiger partial charge >= 0.3 is 6.18 Å². The van der Waals surface area contributed by atoms with Crippen LogP contribution in [0.5, 0.6) is 0 Å². The van der Waals surface area contributed by atoms with Gasteiger partial charge in [-0.05, 0) is 24.1 Å². The van der Waals surface area contributed by atoms with Crippen LogP contribution >= 0.6 is 0 Å². The summed E-state index contributed by atoms with van der Waals surface area (Å²) in [6.45, 7) is 1.90. The van der Waals surface area contributed by atoms with E-state index in [2.05, 4.69) is 0 Å². The minimum atomic E-state index is -4.29. The SMILES string of the molecule is C[C@H](CN)c1ccccc1C(F)(F)F. The van der Waals surface area contributed by atoms with Crippen LogP contribution in [0.25, 0.3) is 0 Å².